The maximum Gasteiger partial charge on any atom is 0.255 e. The van der Waals surface area contributed by atoms with E-state index in [0.717, 1.165) is 39.1 Å². The number of nitrogens with zero attached hydrogens (tertiary/aromatic N) is 3. The van der Waals surface area contributed by atoms with Crippen molar-refractivity contribution >= 4 is 5.91 Å². The van der Waals surface area contributed by atoms with Crippen LogP contribution in [0.4, 0.5) is 0 Å². The molecule has 0 aromatic carbocycles. The van der Waals surface area contributed by atoms with Gasteiger partial charge in [0.2, 0.25) is 0 Å². The standard InChI is InChI=1S/C19H23N3O2/c23-18(17-3-1-7-20-11-17)22-8-2-5-19(15-22)6-9-21(14-19)12-16-4-10-24-13-16/h1,3-4,7,10-11,13H,2,5-6,8-9,12,14-15H2/t19-/m0/s1. The molecule has 2 aromatic rings. The molecule has 1 amide bonds. The molecule has 126 valence electrons. The summed E-state index contributed by atoms with van der Waals surface area (Å²) in [6, 6.07) is 5.72. The summed E-state index contributed by atoms with van der Waals surface area (Å²) in [6.07, 6.45) is 10.4. The van der Waals surface area contributed by atoms with Crippen molar-refractivity contribution < 1.29 is 9.21 Å². The Bertz CT molecular complexity index is 686. The van der Waals surface area contributed by atoms with Gasteiger partial charge in [-0.3, -0.25) is 14.7 Å². The molecule has 0 radical (unpaired) electrons. The first-order valence-corrected chi connectivity index (χ1v) is 8.67. The van der Waals surface area contributed by atoms with E-state index in [-0.39, 0.29) is 11.3 Å². The van der Waals surface area contributed by atoms with E-state index in [1.807, 2.05) is 29.4 Å². The van der Waals surface area contributed by atoms with Crippen LogP contribution in [-0.2, 0) is 6.54 Å². The summed E-state index contributed by atoms with van der Waals surface area (Å²) >= 11 is 0. The molecule has 2 fully saturated rings. The van der Waals surface area contributed by atoms with Crippen LogP contribution >= 0.6 is 0 Å². The highest BCUT2D eigenvalue weighted by atomic mass is 16.3. The van der Waals surface area contributed by atoms with Gasteiger partial charge in [0.1, 0.15) is 0 Å². The smallest absolute Gasteiger partial charge is 0.255 e. The van der Waals surface area contributed by atoms with Crippen LogP contribution in [0, 0.1) is 5.41 Å². The number of piperidine rings is 1. The van der Waals surface area contributed by atoms with E-state index in [1.165, 1.54) is 18.4 Å². The molecular weight excluding hydrogens is 302 g/mol. The Kier molecular flexibility index (Phi) is 4.10. The predicted molar refractivity (Wildman–Crippen MR) is 90.4 cm³/mol. The molecule has 0 saturated carbocycles. The minimum Gasteiger partial charge on any atom is -0.472 e. The molecule has 2 saturated heterocycles. The van der Waals surface area contributed by atoms with Gasteiger partial charge in [-0.2, -0.15) is 0 Å². The molecule has 0 bridgehead atoms. The Balaban J connectivity index is 1.42. The van der Waals surface area contributed by atoms with Gasteiger partial charge in [0, 0.05) is 49.6 Å². The molecule has 2 aliphatic heterocycles. The quantitative estimate of drug-likeness (QED) is 0.871. The summed E-state index contributed by atoms with van der Waals surface area (Å²) in [5.41, 5.74) is 2.17. The maximum atomic E-state index is 12.7. The van der Waals surface area contributed by atoms with Crippen molar-refractivity contribution in [3.63, 3.8) is 0 Å². The van der Waals surface area contributed by atoms with Crippen molar-refractivity contribution in [2.24, 2.45) is 5.41 Å². The number of amides is 1. The molecule has 2 aromatic heterocycles. The van der Waals surface area contributed by atoms with Gasteiger partial charge < -0.3 is 9.32 Å². The fourth-order valence-corrected chi connectivity index (χ4v) is 4.19. The molecule has 4 rings (SSSR count). The number of hydrogen-bond donors (Lipinski definition) is 0. The maximum absolute atomic E-state index is 12.7. The molecule has 0 N–H and O–H groups in total. The SMILES string of the molecule is O=C(c1cccnc1)N1CCC[C@@]2(CCN(Cc3ccoc3)C2)C1. The van der Waals surface area contributed by atoms with Crippen LogP contribution in [0.5, 0.6) is 0 Å². The van der Waals surface area contributed by atoms with Gasteiger partial charge in [-0.05, 0) is 44.0 Å². The first-order valence-electron chi connectivity index (χ1n) is 8.67. The average molecular weight is 325 g/mol. The zero-order valence-corrected chi connectivity index (χ0v) is 13.9. The van der Waals surface area contributed by atoms with Crippen LogP contribution < -0.4 is 0 Å². The number of pyridine rings is 1. The Hall–Kier alpha value is -2.14. The molecule has 2 aliphatic rings. The molecule has 4 heterocycles. The van der Waals surface area contributed by atoms with Gasteiger partial charge in [-0.15, -0.1) is 0 Å². The topological polar surface area (TPSA) is 49.6 Å². The lowest BCUT2D eigenvalue weighted by Crippen LogP contribution is -2.47. The third kappa shape index (κ3) is 3.08. The Morgan fingerprint density at radius 2 is 2.21 bits per heavy atom. The summed E-state index contributed by atoms with van der Waals surface area (Å²) < 4.78 is 5.17. The molecule has 5 heteroatoms. The van der Waals surface area contributed by atoms with Gasteiger partial charge in [0.25, 0.3) is 5.91 Å². The predicted octanol–water partition coefficient (Wildman–Crippen LogP) is 2.80. The summed E-state index contributed by atoms with van der Waals surface area (Å²) in [4.78, 5) is 21.3. The van der Waals surface area contributed by atoms with Crippen LogP contribution in [0.25, 0.3) is 0 Å². The van der Waals surface area contributed by atoms with Gasteiger partial charge in [-0.1, -0.05) is 0 Å². The fraction of sp³-hybridized carbons (Fsp3) is 0.474. The largest absolute Gasteiger partial charge is 0.472 e. The number of rotatable bonds is 3. The van der Waals surface area contributed by atoms with E-state index >= 15 is 0 Å². The molecule has 1 spiro atoms. The third-order valence-electron chi connectivity index (χ3n) is 5.36. The van der Waals surface area contributed by atoms with E-state index in [1.54, 1.807) is 18.7 Å². The van der Waals surface area contributed by atoms with Crippen molar-refractivity contribution in [1.29, 1.82) is 0 Å². The minimum atomic E-state index is 0.121. The second-order valence-corrected chi connectivity index (χ2v) is 7.16. The first-order chi connectivity index (χ1) is 11.7. The van der Waals surface area contributed by atoms with Gasteiger partial charge in [-0.25, -0.2) is 0 Å². The lowest BCUT2D eigenvalue weighted by atomic mass is 9.79. The first kappa shape index (κ1) is 15.4. The summed E-state index contributed by atoms with van der Waals surface area (Å²) in [7, 11) is 0. The average Bonchev–Trinajstić information content (AvgIpc) is 3.26. The second-order valence-electron chi connectivity index (χ2n) is 7.16. The molecule has 1 atom stereocenters. The van der Waals surface area contributed by atoms with Gasteiger partial charge >= 0.3 is 0 Å². The van der Waals surface area contributed by atoms with E-state index in [0.29, 0.717) is 5.56 Å². The van der Waals surface area contributed by atoms with Crippen LogP contribution in [0.15, 0.2) is 47.5 Å². The monoisotopic (exact) mass is 325 g/mol. The van der Waals surface area contributed by atoms with Crippen molar-refractivity contribution in [1.82, 2.24) is 14.8 Å². The highest BCUT2D eigenvalue weighted by Crippen LogP contribution is 2.39. The molecular formula is C19H23N3O2. The molecule has 5 nitrogen and oxygen atoms in total. The highest BCUT2D eigenvalue weighted by Gasteiger charge is 2.42. The van der Waals surface area contributed by atoms with Crippen LogP contribution in [0.2, 0.25) is 0 Å². The van der Waals surface area contributed by atoms with Crippen molar-refractivity contribution in [3.8, 4) is 0 Å². The molecule has 0 unspecified atom stereocenters. The zero-order chi connectivity index (χ0) is 16.4. The molecule has 0 aliphatic carbocycles. The van der Waals surface area contributed by atoms with Gasteiger partial charge in [0.05, 0.1) is 18.1 Å². The lowest BCUT2D eigenvalue weighted by Gasteiger charge is -2.40. The third-order valence-corrected chi connectivity index (χ3v) is 5.36. The van der Waals surface area contributed by atoms with Crippen LogP contribution in [0.1, 0.15) is 35.2 Å². The number of hydrogen-bond acceptors (Lipinski definition) is 4. The van der Waals surface area contributed by atoms with Crippen LogP contribution in [0.3, 0.4) is 0 Å². The molecule has 24 heavy (non-hydrogen) atoms. The number of carbonyl (C=O) groups is 1. The number of furan rings is 1. The normalized spacial score (nSPS) is 24.6. The Labute approximate surface area is 142 Å². The number of aromatic nitrogens is 1. The van der Waals surface area contributed by atoms with Crippen molar-refractivity contribution in [2.45, 2.75) is 25.8 Å². The van der Waals surface area contributed by atoms with Crippen LogP contribution in [-0.4, -0.2) is 46.9 Å². The van der Waals surface area contributed by atoms with E-state index < -0.39 is 0 Å². The summed E-state index contributed by atoms with van der Waals surface area (Å²) in [5.74, 6) is 0.121. The Morgan fingerprint density at radius 3 is 3.00 bits per heavy atom. The van der Waals surface area contributed by atoms with E-state index in [9.17, 15) is 4.79 Å². The minimum absolute atomic E-state index is 0.121. The van der Waals surface area contributed by atoms with Gasteiger partial charge in [0.15, 0.2) is 0 Å². The Morgan fingerprint density at radius 1 is 1.25 bits per heavy atom. The van der Waals surface area contributed by atoms with E-state index in [4.69, 9.17) is 4.42 Å². The van der Waals surface area contributed by atoms with E-state index in [2.05, 4.69) is 9.88 Å². The second kappa shape index (κ2) is 6.40. The number of likely N-dealkylation sites (tertiary alicyclic amines) is 2. The summed E-state index contributed by atoms with van der Waals surface area (Å²) in [5, 5.41) is 0. The lowest BCUT2D eigenvalue weighted by molar-refractivity contribution is 0.0526. The van der Waals surface area contributed by atoms with Crippen molar-refractivity contribution in [2.75, 3.05) is 26.2 Å². The highest BCUT2D eigenvalue weighted by molar-refractivity contribution is 5.94. The summed E-state index contributed by atoms with van der Waals surface area (Å²) in [6.45, 7) is 4.82. The van der Waals surface area contributed by atoms with Crippen molar-refractivity contribution in [3.05, 3.63) is 54.2 Å². The number of carbonyl (C=O) groups excluding carboxylic acids is 1. The fourth-order valence-electron chi connectivity index (χ4n) is 4.19. The zero-order valence-electron chi connectivity index (χ0n) is 13.9.